The molecule has 1 atom stereocenters. The Kier molecular flexibility index (Phi) is 9.04. The van der Waals surface area contributed by atoms with E-state index in [-0.39, 0.29) is 40.7 Å². The quantitative estimate of drug-likeness (QED) is 0.316. The number of ether oxygens (including phenoxy) is 1. The molecule has 0 spiro atoms. The Labute approximate surface area is 249 Å². The van der Waals surface area contributed by atoms with Crippen LogP contribution in [0.5, 0.6) is 5.75 Å². The van der Waals surface area contributed by atoms with E-state index in [4.69, 9.17) is 4.74 Å². The molecule has 12 nitrogen and oxygen atoms in total. The van der Waals surface area contributed by atoms with E-state index in [1.807, 2.05) is 0 Å². The number of fused-ring (bicyclic) bond motifs is 1. The summed E-state index contributed by atoms with van der Waals surface area (Å²) in [6, 6.07) is 15.2. The maximum atomic E-state index is 13.6. The predicted octanol–water partition coefficient (Wildman–Crippen LogP) is 3.22. The van der Waals surface area contributed by atoms with Gasteiger partial charge in [0.05, 0.1) is 19.3 Å². The maximum absolute atomic E-state index is 13.6. The monoisotopic (exact) mass is 608 g/mol. The summed E-state index contributed by atoms with van der Waals surface area (Å²) < 4.78 is 33.1. The number of carbonyl (C=O) groups excluding carboxylic acids is 3. The van der Waals surface area contributed by atoms with Crippen LogP contribution in [0.1, 0.15) is 45.7 Å². The first-order chi connectivity index (χ1) is 20.3. The van der Waals surface area contributed by atoms with Gasteiger partial charge in [-0.25, -0.2) is 22.3 Å². The molecular formula is C30H32N4O8S. The van der Waals surface area contributed by atoms with Crippen LogP contribution in [0, 0.1) is 5.92 Å². The molecule has 3 N–H and O–H groups in total. The number of hydrogen-bond acceptors (Lipinski definition) is 7. The van der Waals surface area contributed by atoms with Crippen LogP contribution in [0.4, 0.5) is 10.5 Å². The fourth-order valence-electron chi connectivity index (χ4n) is 4.48. The number of hydrogen-bond donors (Lipinski definition) is 3. The van der Waals surface area contributed by atoms with Gasteiger partial charge in [0.15, 0.2) is 0 Å². The summed E-state index contributed by atoms with van der Waals surface area (Å²) in [5, 5.41) is 14.6. The highest BCUT2D eigenvalue weighted by Crippen LogP contribution is 2.35. The number of urea groups is 1. The lowest BCUT2D eigenvalue weighted by atomic mass is 10.0. The van der Waals surface area contributed by atoms with Gasteiger partial charge >= 0.3 is 12.0 Å². The maximum Gasteiger partial charge on any atom is 0.338 e. The van der Waals surface area contributed by atoms with Gasteiger partial charge in [-0.05, 0) is 59.5 Å². The van der Waals surface area contributed by atoms with Gasteiger partial charge in [0.2, 0.25) is 0 Å². The average Bonchev–Trinajstić information content (AvgIpc) is 2.99. The topological polar surface area (TPSA) is 162 Å². The lowest BCUT2D eigenvalue weighted by molar-refractivity contribution is -0.140. The number of amides is 4. The van der Waals surface area contributed by atoms with Gasteiger partial charge in [0.1, 0.15) is 16.7 Å². The van der Waals surface area contributed by atoms with E-state index in [0.29, 0.717) is 15.6 Å². The lowest BCUT2D eigenvalue weighted by Gasteiger charge is -2.34. The predicted molar refractivity (Wildman–Crippen MR) is 157 cm³/mol. The van der Waals surface area contributed by atoms with Crippen molar-refractivity contribution in [1.82, 2.24) is 14.9 Å². The molecule has 0 radical (unpaired) electrons. The second-order valence-electron chi connectivity index (χ2n) is 10.3. The summed E-state index contributed by atoms with van der Waals surface area (Å²) in [5.74, 6) is -1.90. The first-order valence-electron chi connectivity index (χ1n) is 13.3. The zero-order valence-corrected chi connectivity index (χ0v) is 24.8. The van der Waals surface area contributed by atoms with Crippen molar-refractivity contribution < 1.29 is 37.4 Å². The Morgan fingerprint density at radius 1 is 0.907 bits per heavy atom. The Morgan fingerprint density at radius 2 is 1.51 bits per heavy atom. The molecule has 43 heavy (non-hydrogen) atoms. The molecule has 1 heterocycles. The summed E-state index contributed by atoms with van der Waals surface area (Å²) >= 11 is 0. The first kappa shape index (κ1) is 31.0. The van der Waals surface area contributed by atoms with E-state index in [9.17, 15) is 32.7 Å². The molecule has 3 aromatic carbocycles. The molecule has 0 aromatic heterocycles. The van der Waals surface area contributed by atoms with E-state index in [1.54, 1.807) is 45.2 Å². The Hall–Kier alpha value is -4.91. The Morgan fingerprint density at radius 3 is 2.09 bits per heavy atom. The highest BCUT2D eigenvalue weighted by atomic mass is 32.2. The normalized spacial score (nSPS) is 14.6. The molecule has 4 rings (SSSR count). The molecule has 0 fully saturated rings. The van der Waals surface area contributed by atoms with E-state index in [2.05, 4.69) is 10.6 Å². The molecule has 3 aromatic rings. The zero-order valence-electron chi connectivity index (χ0n) is 24.0. The summed E-state index contributed by atoms with van der Waals surface area (Å²) in [6.45, 7) is 3.22. The minimum Gasteiger partial charge on any atom is -0.497 e. The molecule has 226 valence electrons. The number of rotatable bonds is 10. The van der Waals surface area contributed by atoms with Crippen molar-refractivity contribution in [2.45, 2.75) is 37.9 Å². The van der Waals surface area contributed by atoms with Gasteiger partial charge < -0.3 is 20.5 Å². The summed E-state index contributed by atoms with van der Waals surface area (Å²) in [4.78, 5) is 51.0. The second kappa shape index (κ2) is 12.5. The van der Waals surface area contributed by atoms with Crippen LogP contribution in [0.25, 0.3) is 0 Å². The van der Waals surface area contributed by atoms with E-state index in [0.717, 1.165) is 5.56 Å². The molecule has 1 aliphatic rings. The smallest absolute Gasteiger partial charge is 0.338 e. The number of carbonyl (C=O) groups is 4. The fraction of sp³-hybridized carbons (Fsp3) is 0.267. The van der Waals surface area contributed by atoms with Gasteiger partial charge in [-0.1, -0.05) is 38.1 Å². The number of nitrogens with zero attached hydrogens (tertiary/aromatic N) is 2. The number of sulfonamides is 1. The Balaban J connectivity index is 1.51. The zero-order chi connectivity index (χ0) is 31.5. The molecule has 1 unspecified atom stereocenters. The van der Waals surface area contributed by atoms with Crippen LogP contribution in [0.15, 0.2) is 71.6 Å². The van der Waals surface area contributed by atoms with Crippen LogP contribution in [0.3, 0.4) is 0 Å². The summed E-state index contributed by atoms with van der Waals surface area (Å²) in [6.07, 6.45) is 0. The largest absolute Gasteiger partial charge is 0.497 e. The number of methoxy groups -OCH3 is 1. The van der Waals surface area contributed by atoms with Crippen molar-refractivity contribution in [2.24, 2.45) is 5.92 Å². The van der Waals surface area contributed by atoms with Crippen molar-refractivity contribution >= 4 is 39.5 Å². The first-order valence-corrected chi connectivity index (χ1v) is 14.8. The van der Waals surface area contributed by atoms with E-state index < -0.39 is 39.9 Å². The van der Waals surface area contributed by atoms with Crippen LogP contribution < -0.4 is 20.3 Å². The van der Waals surface area contributed by atoms with Gasteiger partial charge in [0.25, 0.3) is 21.8 Å². The van der Waals surface area contributed by atoms with Crippen LogP contribution in [-0.4, -0.2) is 61.8 Å². The van der Waals surface area contributed by atoms with E-state index in [1.165, 1.54) is 54.4 Å². The third-order valence-corrected chi connectivity index (χ3v) is 8.77. The number of carboxylic acid groups (broad SMARTS) is 1. The molecule has 0 saturated carbocycles. The number of nitrogens with one attached hydrogen (secondary N) is 2. The Bertz CT molecular complexity index is 1650. The molecule has 0 saturated heterocycles. The highest BCUT2D eigenvalue weighted by Gasteiger charge is 2.40. The average molecular weight is 609 g/mol. The third-order valence-electron chi connectivity index (χ3n) is 7.03. The molecule has 4 amide bonds. The van der Waals surface area contributed by atoms with Crippen molar-refractivity contribution in [3.05, 3.63) is 89.0 Å². The summed E-state index contributed by atoms with van der Waals surface area (Å²) in [7, 11) is -1.36. The number of anilines is 1. The molecule has 13 heteroatoms. The van der Waals surface area contributed by atoms with Crippen LogP contribution >= 0.6 is 0 Å². The molecule has 0 aliphatic carbocycles. The van der Waals surface area contributed by atoms with Gasteiger partial charge in [-0.2, -0.15) is 0 Å². The highest BCUT2D eigenvalue weighted by molar-refractivity contribution is 7.90. The lowest BCUT2D eigenvalue weighted by Crippen LogP contribution is -2.48. The summed E-state index contributed by atoms with van der Waals surface area (Å²) in [5.41, 5.74) is 1.66. The van der Waals surface area contributed by atoms with E-state index >= 15 is 0 Å². The fourth-order valence-corrected chi connectivity index (χ4v) is 6.11. The molecule has 1 aliphatic heterocycles. The minimum atomic E-state index is -4.35. The van der Waals surface area contributed by atoms with Crippen molar-refractivity contribution in [1.29, 1.82) is 0 Å². The SMILES string of the molecule is COc1ccc(CNC(=O)c2ccc3c(c2)S(=O)(=O)N(Cc2ccc(C(=O)NC(C(=O)O)C(C)C)cc2)C(=O)N3C)cc1. The minimum absolute atomic E-state index is 0.106. The van der Waals surface area contributed by atoms with Gasteiger partial charge in [-0.15, -0.1) is 0 Å². The standard InChI is InChI=1S/C30H32N4O8S/c1-18(2)26(29(37)38)32-28(36)21-9-5-20(6-10-21)17-34-30(39)33(3)24-14-11-22(15-25(24)43(34,40)41)27(35)31-16-19-7-12-23(42-4)13-8-19/h5-15,18,26H,16-17H2,1-4H3,(H,31,35)(H,32,36)(H,37,38). The number of carboxylic acids is 1. The molecular weight excluding hydrogens is 576 g/mol. The van der Waals surface area contributed by atoms with Crippen molar-refractivity contribution in [2.75, 3.05) is 19.1 Å². The van der Waals surface area contributed by atoms with Crippen LogP contribution in [0.2, 0.25) is 0 Å². The van der Waals surface area contributed by atoms with Crippen molar-refractivity contribution in [3.8, 4) is 5.75 Å². The molecule has 0 bridgehead atoms. The van der Waals surface area contributed by atoms with Crippen LogP contribution in [-0.2, 0) is 27.9 Å². The second-order valence-corrected chi connectivity index (χ2v) is 12.1. The number of benzene rings is 3. The number of aliphatic carboxylic acids is 1. The van der Waals surface area contributed by atoms with Gasteiger partial charge in [0, 0.05) is 24.7 Å². The van der Waals surface area contributed by atoms with Gasteiger partial charge in [-0.3, -0.25) is 14.5 Å². The third kappa shape index (κ3) is 6.61. The van der Waals surface area contributed by atoms with Crippen molar-refractivity contribution in [3.63, 3.8) is 0 Å².